The molecule has 0 saturated carbocycles. The normalized spacial score (nSPS) is 16.4. The molecular formula is C15H22N6O2S. The average molecular weight is 350 g/mol. The van der Waals surface area contributed by atoms with Gasteiger partial charge >= 0.3 is 0 Å². The predicted octanol–water partition coefficient (Wildman–Crippen LogP) is 1.53. The van der Waals surface area contributed by atoms with Crippen LogP contribution in [0.25, 0.3) is 0 Å². The average Bonchev–Trinajstić information content (AvgIpc) is 3.18. The highest BCUT2D eigenvalue weighted by Crippen LogP contribution is 2.28. The fraction of sp³-hybridized carbons (Fsp3) is 0.600. The number of amides is 1. The molecule has 3 heterocycles. The number of ether oxygens (including phenoxy) is 1. The standard InChI is InChI=1S/C15H22N6O2S/c1-10-7-16-19-14(10)11-3-5-21(6-4-11)8-12(22)17-15-20-18-13(24-15)9-23-2/h7,11H,3-6,8-9H2,1-2H3,(H,16,19)(H,17,20,22). The Hall–Kier alpha value is -1.84. The number of aryl methyl sites for hydroxylation is 1. The van der Waals surface area contributed by atoms with E-state index in [0.717, 1.165) is 30.9 Å². The number of likely N-dealkylation sites (tertiary alicyclic amines) is 1. The Morgan fingerprint density at radius 3 is 2.92 bits per heavy atom. The number of aromatic amines is 1. The Bertz CT molecular complexity index is 677. The molecule has 1 saturated heterocycles. The summed E-state index contributed by atoms with van der Waals surface area (Å²) in [5, 5.41) is 19.2. The highest BCUT2D eigenvalue weighted by Gasteiger charge is 2.24. The van der Waals surface area contributed by atoms with Gasteiger partial charge in [0, 0.05) is 18.7 Å². The summed E-state index contributed by atoms with van der Waals surface area (Å²) in [4.78, 5) is 14.3. The zero-order chi connectivity index (χ0) is 16.9. The van der Waals surface area contributed by atoms with Crippen LogP contribution in [0.4, 0.5) is 5.13 Å². The number of rotatable bonds is 6. The SMILES string of the molecule is COCc1nnc(NC(=O)CN2CCC(c3[nH]ncc3C)CC2)s1. The Morgan fingerprint density at radius 2 is 2.25 bits per heavy atom. The number of carbonyl (C=O) groups excluding carboxylic acids is 1. The topological polar surface area (TPSA) is 96.0 Å². The van der Waals surface area contributed by atoms with Crippen LogP contribution in [0.15, 0.2) is 6.20 Å². The minimum absolute atomic E-state index is 0.0497. The molecule has 24 heavy (non-hydrogen) atoms. The van der Waals surface area contributed by atoms with Gasteiger partial charge in [0.2, 0.25) is 11.0 Å². The monoisotopic (exact) mass is 350 g/mol. The summed E-state index contributed by atoms with van der Waals surface area (Å²) < 4.78 is 5.00. The first kappa shape index (κ1) is 17.0. The van der Waals surface area contributed by atoms with Crippen LogP contribution in [-0.2, 0) is 16.1 Å². The lowest BCUT2D eigenvalue weighted by Gasteiger charge is -2.31. The number of H-pyrrole nitrogens is 1. The van der Waals surface area contributed by atoms with E-state index in [9.17, 15) is 4.79 Å². The van der Waals surface area contributed by atoms with E-state index in [-0.39, 0.29) is 5.91 Å². The molecule has 0 radical (unpaired) electrons. The van der Waals surface area contributed by atoms with Gasteiger partial charge in [0.05, 0.1) is 12.7 Å². The maximum atomic E-state index is 12.2. The molecule has 0 spiro atoms. The van der Waals surface area contributed by atoms with Gasteiger partial charge in [-0.2, -0.15) is 5.10 Å². The lowest BCUT2D eigenvalue weighted by Crippen LogP contribution is -2.38. The molecule has 2 N–H and O–H groups in total. The number of nitrogens with one attached hydrogen (secondary N) is 2. The van der Waals surface area contributed by atoms with Crippen LogP contribution in [0.3, 0.4) is 0 Å². The minimum atomic E-state index is -0.0497. The molecule has 1 fully saturated rings. The van der Waals surface area contributed by atoms with E-state index in [1.165, 1.54) is 22.6 Å². The maximum absolute atomic E-state index is 12.2. The second kappa shape index (κ2) is 7.82. The van der Waals surface area contributed by atoms with E-state index in [4.69, 9.17) is 4.74 Å². The van der Waals surface area contributed by atoms with Crippen molar-refractivity contribution in [3.8, 4) is 0 Å². The van der Waals surface area contributed by atoms with Gasteiger partial charge in [0.1, 0.15) is 11.6 Å². The Labute approximate surface area is 144 Å². The van der Waals surface area contributed by atoms with Gasteiger partial charge in [-0.05, 0) is 38.4 Å². The summed E-state index contributed by atoms with van der Waals surface area (Å²) in [6, 6.07) is 0. The third-order valence-electron chi connectivity index (χ3n) is 4.21. The largest absolute Gasteiger partial charge is 0.377 e. The van der Waals surface area contributed by atoms with Gasteiger partial charge in [-0.3, -0.25) is 20.1 Å². The second-order valence-electron chi connectivity index (χ2n) is 6.00. The molecule has 2 aromatic heterocycles. The van der Waals surface area contributed by atoms with Gasteiger partial charge in [-0.15, -0.1) is 10.2 Å². The molecular weight excluding hydrogens is 328 g/mol. The van der Waals surface area contributed by atoms with Gasteiger partial charge in [-0.25, -0.2) is 0 Å². The van der Waals surface area contributed by atoms with Gasteiger partial charge in [0.15, 0.2) is 0 Å². The lowest BCUT2D eigenvalue weighted by molar-refractivity contribution is -0.117. The lowest BCUT2D eigenvalue weighted by atomic mass is 9.92. The van der Waals surface area contributed by atoms with Crippen LogP contribution in [-0.4, -0.2) is 57.9 Å². The smallest absolute Gasteiger partial charge is 0.240 e. The van der Waals surface area contributed by atoms with Gasteiger partial charge in [0.25, 0.3) is 0 Å². The highest BCUT2D eigenvalue weighted by molar-refractivity contribution is 7.15. The molecule has 0 atom stereocenters. The van der Waals surface area contributed by atoms with Gasteiger partial charge < -0.3 is 4.74 Å². The van der Waals surface area contributed by atoms with E-state index >= 15 is 0 Å². The Kier molecular flexibility index (Phi) is 5.54. The zero-order valence-corrected chi connectivity index (χ0v) is 14.7. The van der Waals surface area contributed by atoms with E-state index in [0.29, 0.717) is 24.2 Å². The maximum Gasteiger partial charge on any atom is 0.240 e. The van der Waals surface area contributed by atoms with Crippen molar-refractivity contribution in [2.75, 3.05) is 32.1 Å². The van der Waals surface area contributed by atoms with Crippen molar-refractivity contribution in [1.82, 2.24) is 25.3 Å². The molecule has 1 aliphatic rings. The number of aromatic nitrogens is 4. The number of anilines is 1. The van der Waals surface area contributed by atoms with Crippen molar-refractivity contribution >= 4 is 22.4 Å². The van der Waals surface area contributed by atoms with E-state index in [1.54, 1.807) is 7.11 Å². The summed E-state index contributed by atoms with van der Waals surface area (Å²) >= 11 is 1.34. The molecule has 0 bridgehead atoms. The molecule has 3 rings (SSSR count). The Morgan fingerprint density at radius 1 is 1.46 bits per heavy atom. The summed E-state index contributed by atoms with van der Waals surface area (Å²) in [5.41, 5.74) is 2.45. The summed E-state index contributed by atoms with van der Waals surface area (Å²) in [6.07, 6.45) is 3.94. The first-order valence-electron chi connectivity index (χ1n) is 7.99. The van der Waals surface area contributed by atoms with E-state index < -0.39 is 0 Å². The molecule has 9 heteroatoms. The van der Waals surface area contributed by atoms with E-state index in [2.05, 4.69) is 37.5 Å². The van der Waals surface area contributed by atoms with Crippen LogP contribution >= 0.6 is 11.3 Å². The summed E-state index contributed by atoms with van der Waals surface area (Å²) in [7, 11) is 1.61. The third-order valence-corrected chi connectivity index (χ3v) is 5.02. The van der Waals surface area contributed by atoms with Crippen molar-refractivity contribution in [2.45, 2.75) is 32.3 Å². The number of methoxy groups -OCH3 is 1. The predicted molar refractivity (Wildman–Crippen MR) is 91.0 cm³/mol. The fourth-order valence-corrected chi connectivity index (χ4v) is 3.73. The fourth-order valence-electron chi connectivity index (χ4n) is 3.00. The number of hydrogen-bond acceptors (Lipinski definition) is 7. The first-order chi connectivity index (χ1) is 11.7. The number of piperidine rings is 1. The molecule has 8 nitrogen and oxygen atoms in total. The molecule has 130 valence electrons. The van der Waals surface area contributed by atoms with Crippen molar-refractivity contribution in [1.29, 1.82) is 0 Å². The third kappa shape index (κ3) is 4.16. The summed E-state index contributed by atoms with van der Waals surface area (Å²) in [5.74, 6) is 0.456. The number of carbonyl (C=O) groups is 1. The molecule has 0 unspecified atom stereocenters. The summed E-state index contributed by atoms with van der Waals surface area (Å²) in [6.45, 7) is 4.68. The highest BCUT2D eigenvalue weighted by atomic mass is 32.1. The minimum Gasteiger partial charge on any atom is -0.377 e. The van der Waals surface area contributed by atoms with Crippen LogP contribution in [0.5, 0.6) is 0 Å². The van der Waals surface area contributed by atoms with E-state index in [1.807, 2.05) is 6.20 Å². The first-order valence-corrected chi connectivity index (χ1v) is 8.80. The quantitative estimate of drug-likeness (QED) is 0.820. The van der Waals surface area contributed by atoms with Crippen LogP contribution in [0.2, 0.25) is 0 Å². The number of hydrogen-bond donors (Lipinski definition) is 2. The van der Waals surface area contributed by atoms with Crippen molar-refractivity contribution in [3.05, 3.63) is 22.5 Å². The van der Waals surface area contributed by atoms with Crippen LogP contribution in [0.1, 0.15) is 35.0 Å². The molecule has 2 aromatic rings. The molecule has 0 aromatic carbocycles. The van der Waals surface area contributed by atoms with Crippen molar-refractivity contribution in [3.63, 3.8) is 0 Å². The molecule has 1 aliphatic heterocycles. The second-order valence-corrected chi connectivity index (χ2v) is 7.06. The molecule has 1 amide bonds. The molecule has 0 aliphatic carbocycles. The van der Waals surface area contributed by atoms with Crippen LogP contribution in [0, 0.1) is 6.92 Å². The van der Waals surface area contributed by atoms with Gasteiger partial charge in [-0.1, -0.05) is 11.3 Å². The zero-order valence-electron chi connectivity index (χ0n) is 13.9. The van der Waals surface area contributed by atoms with Crippen molar-refractivity contribution < 1.29 is 9.53 Å². The van der Waals surface area contributed by atoms with Crippen molar-refractivity contribution in [2.24, 2.45) is 0 Å². The number of nitrogens with zero attached hydrogens (tertiary/aromatic N) is 4. The van der Waals surface area contributed by atoms with Crippen LogP contribution < -0.4 is 5.32 Å². The Balaban J connectivity index is 1.45.